The van der Waals surface area contributed by atoms with Crippen molar-refractivity contribution < 1.29 is 9.59 Å². The third-order valence-electron chi connectivity index (χ3n) is 5.27. The molecule has 0 saturated carbocycles. The van der Waals surface area contributed by atoms with Gasteiger partial charge < -0.3 is 10.2 Å². The molecule has 1 aromatic heterocycles. The van der Waals surface area contributed by atoms with Gasteiger partial charge in [-0.05, 0) is 23.6 Å². The van der Waals surface area contributed by atoms with Crippen molar-refractivity contribution in [2.24, 2.45) is 0 Å². The van der Waals surface area contributed by atoms with Gasteiger partial charge in [-0.3, -0.25) is 9.59 Å². The Balaban J connectivity index is 1.51. The zero-order valence-electron chi connectivity index (χ0n) is 16.5. The van der Waals surface area contributed by atoms with Crippen LogP contribution in [0.3, 0.4) is 0 Å². The number of carbonyl (C=O) groups excluding carboxylic acids is 2. The van der Waals surface area contributed by atoms with Crippen molar-refractivity contribution in [2.75, 3.05) is 17.3 Å². The minimum Gasteiger partial charge on any atom is -0.315 e. The van der Waals surface area contributed by atoms with Crippen molar-refractivity contribution in [1.29, 1.82) is 0 Å². The highest BCUT2D eigenvalue weighted by molar-refractivity contribution is 7.14. The van der Waals surface area contributed by atoms with E-state index in [9.17, 15) is 9.59 Å². The molecular formula is C23H23N3O2S. The maximum atomic E-state index is 12.9. The average Bonchev–Trinajstić information content (AvgIpc) is 3.20. The molecule has 29 heavy (non-hydrogen) atoms. The lowest BCUT2D eigenvalue weighted by molar-refractivity contribution is -0.124. The molecule has 148 valence electrons. The molecule has 1 aliphatic rings. The number of hydrogen-bond acceptors (Lipinski definition) is 4. The number of aromatic nitrogens is 1. The Bertz CT molecular complexity index is 1040. The lowest BCUT2D eigenvalue weighted by Gasteiger charge is -2.30. The van der Waals surface area contributed by atoms with E-state index in [1.807, 2.05) is 29.6 Å². The van der Waals surface area contributed by atoms with Crippen molar-refractivity contribution >= 4 is 34.0 Å². The predicted octanol–water partition coefficient (Wildman–Crippen LogP) is 4.85. The second-order valence-electron chi connectivity index (χ2n) is 7.24. The Kier molecular flexibility index (Phi) is 5.45. The van der Waals surface area contributed by atoms with Gasteiger partial charge in [-0.15, -0.1) is 11.3 Å². The minimum absolute atomic E-state index is 0.0594. The van der Waals surface area contributed by atoms with Gasteiger partial charge in [-0.2, -0.15) is 0 Å². The number of benzene rings is 2. The molecule has 6 heteroatoms. The van der Waals surface area contributed by atoms with E-state index in [4.69, 9.17) is 0 Å². The number of carbonyl (C=O) groups is 2. The standard InChI is InChI=1S/C23H23N3O2S/c1-3-6-15-9-11-16(12-10-15)19-14-29-23(24-19)25-22(28)18-13-21(27)26(2)20-8-5-4-7-17(18)20/h4-5,7-12,14,18H,3,6,13H2,1-2H3,(H,24,25,28)/t18-/m0/s1. The summed E-state index contributed by atoms with van der Waals surface area (Å²) in [5.74, 6) is -0.760. The summed E-state index contributed by atoms with van der Waals surface area (Å²) in [5.41, 5.74) is 4.84. The van der Waals surface area contributed by atoms with Crippen LogP contribution in [-0.4, -0.2) is 23.8 Å². The molecule has 0 saturated heterocycles. The normalized spacial score (nSPS) is 15.9. The highest BCUT2D eigenvalue weighted by Crippen LogP contribution is 2.36. The monoisotopic (exact) mass is 405 g/mol. The van der Waals surface area contributed by atoms with Crippen LogP contribution in [0.2, 0.25) is 0 Å². The lowest BCUT2D eigenvalue weighted by Crippen LogP contribution is -2.37. The molecular weight excluding hydrogens is 382 g/mol. The molecule has 0 aliphatic carbocycles. The number of hydrogen-bond donors (Lipinski definition) is 1. The first-order chi connectivity index (χ1) is 14.1. The summed E-state index contributed by atoms with van der Waals surface area (Å²) < 4.78 is 0. The molecule has 2 heterocycles. The number of anilines is 2. The lowest BCUT2D eigenvalue weighted by atomic mass is 9.89. The van der Waals surface area contributed by atoms with E-state index in [2.05, 4.69) is 41.5 Å². The van der Waals surface area contributed by atoms with Gasteiger partial charge in [0.05, 0.1) is 11.6 Å². The number of thiazole rings is 1. The molecule has 5 nitrogen and oxygen atoms in total. The Labute approximate surface area is 174 Å². The second kappa shape index (κ2) is 8.17. The molecule has 0 fully saturated rings. The third-order valence-corrected chi connectivity index (χ3v) is 6.02. The SMILES string of the molecule is CCCc1ccc(-c2csc(NC(=O)[C@H]3CC(=O)N(C)c4ccccc43)n2)cc1. The van der Waals surface area contributed by atoms with Crippen molar-refractivity contribution in [1.82, 2.24) is 4.98 Å². The topological polar surface area (TPSA) is 62.3 Å². The van der Waals surface area contributed by atoms with E-state index in [0.717, 1.165) is 35.3 Å². The summed E-state index contributed by atoms with van der Waals surface area (Å²) in [6.07, 6.45) is 2.35. The van der Waals surface area contributed by atoms with Gasteiger partial charge in [0.15, 0.2) is 5.13 Å². The quantitative estimate of drug-likeness (QED) is 0.660. The molecule has 1 atom stereocenters. The fourth-order valence-corrected chi connectivity index (χ4v) is 4.39. The minimum atomic E-state index is -0.504. The molecule has 1 aliphatic heterocycles. The van der Waals surface area contributed by atoms with Crippen LogP contribution in [0, 0.1) is 0 Å². The number of nitrogens with zero attached hydrogens (tertiary/aromatic N) is 2. The molecule has 2 amide bonds. The Morgan fingerprint density at radius 1 is 1.21 bits per heavy atom. The Morgan fingerprint density at radius 3 is 2.72 bits per heavy atom. The number of nitrogens with one attached hydrogen (secondary N) is 1. The first kappa shape index (κ1) is 19.3. The Hall–Kier alpha value is -2.99. The second-order valence-corrected chi connectivity index (χ2v) is 8.10. The smallest absolute Gasteiger partial charge is 0.234 e. The molecule has 1 N–H and O–H groups in total. The first-order valence-electron chi connectivity index (χ1n) is 9.78. The van der Waals surface area contributed by atoms with Crippen molar-refractivity contribution in [3.8, 4) is 11.3 Å². The first-order valence-corrected chi connectivity index (χ1v) is 10.7. The summed E-state index contributed by atoms with van der Waals surface area (Å²) in [7, 11) is 1.74. The molecule has 0 bridgehead atoms. The van der Waals surface area contributed by atoms with Crippen LogP contribution in [-0.2, 0) is 16.0 Å². The number of fused-ring (bicyclic) bond motifs is 1. The zero-order chi connectivity index (χ0) is 20.4. The number of aryl methyl sites for hydroxylation is 1. The van der Waals surface area contributed by atoms with E-state index in [-0.39, 0.29) is 18.2 Å². The van der Waals surface area contributed by atoms with E-state index >= 15 is 0 Å². The van der Waals surface area contributed by atoms with Gasteiger partial charge in [0.2, 0.25) is 11.8 Å². The summed E-state index contributed by atoms with van der Waals surface area (Å²) in [4.78, 5) is 31.4. The van der Waals surface area contributed by atoms with Gasteiger partial charge >= 0.3 is 0 Å². The summed E-state index contributed by atoms with van der Waals surface area (Å²) >= 11 is 1.40. The van der Waals surface area contributed by atoms with Gasteiger partial charge in [0.1, 0.15) is 0 Å². The summed E-state index contributed by atoms with van der Waals surface area (Å²) in [5, 5.41) is 5.40. The van der Waals surface area contributed by atoms with E-state index in [0.29, 0.717) is 5.13 Å². The number of amides is 2. The van der Waals surface area contributed by atoms with Gasteiger partial charge in [-0.25, -0.2) is 4.98 Å². The fourth-order valence-electron chi connectivity index (χ4n) is 3.66. The van der Waals surface area contributed by atoms with Crippen molar-refractivity contribution in [3.63, 3.8) is 0 Å². The largest absolute Gasteiger partial charge is 0.315 e. The summed E-state index contributed by atoms with van der Waals surface area (Å²) in [6.45, 7) is 2.17. The van der Waals surface area contributed by atoms with Gasteiger partial charge in [-0.1, -0.05) is 55.8 Å². The molecule has 3 aromatic rings. The maximum Gasteiger partial charge on any atom is 0.234 e. The van der Waals surface area contributed by atoms with Crippen LogP contribution in [0.5, 0.6) is 0 Å². The highest BCUT2D eigenvalue weighted by atomic mass is 32.1. The zero-order valence-corrected chi connectivity index (χ0v) is 17.3. The van der Waals surface area contributed by atoms with Gasteiger partial charge in [0.25, 0.3) is 0 Å². The average molecular weight is 406 g/mol. The van der Waals surface area contributed by atoms with Crippen LogP contribution in [0.15, 0.2) is 53.9 Å². The molecule has 2 aromatic carbocycles. The number of para-hydroxylation sites is 1. The Morgan fingerprint density at radius 2 is 1.97 bits per heavy atom. The molecule has 0 spiro atoms. The fraction of sp³-hybridized carbons (Fsp3) is 0.261. The number of rotatable bonds is 5. The van der Waals surface area contributed by atoms with Crippen LogP contribution < -0.4 is 10.2 Å². The van der Waals surface area contributed by atoms with Crippen LogP contribution in [0.4, 0.5) is 10.8 Å². The maximum absolute atomic E-state index is 12.9. The van der Waals surface area contributed by atoms with Crippen molar-refractivity contribution in [3.05, 3.63) is 65.0 Å². The summed E-state index contributed by atoms with van der Waals surface area (Å²) in [6, 6.07) is 15.9. The predicted molar refractivity (Wildman–Crippen MR) is 117 cm³/mol. The van der Waals surface area contributed by atoms with Crippen LogP contribution in [0.25, 0.3) is 11.3 Å². The van der Waals surface area contributed by atoms with E-state index in [1.54, 1.807) is 11.9 Å². The molecule has 0 unspecified atom stereocenters. The van der Waals surface area contributed by atoms with E-state index < -0.39 is 5.92 Å². The third kappa shape index (κ3) is 3.93. The van der Waals surface area contributed by atoms with Crippen molar-refractivity contribution in [2.45, 2.75) is 32.1 Å². The molecule has 0 radical (unpaired) electrons. The highest BCUT2D eigenvalue weighted by Gasteiger charge is 2.33. The van der Waals surface area contributed by atoms with Gasteiger partial charge in [0, 0.05) is 30.1 Å². The van der Waals surface area contributed by atoms with Crippen LogP contribution >= 0.6 is 11.3 Å². The van der Waals surface area contributed by atoms with E-state index in [1.165, 1.54) is 16.9 Å². The van der Waals surface area contributed by atoms with Crippen LogP contribution in [0.1, 0.15) is 36.8 Å². The molecule has 4 rings (SSSR count).